The summed E-state index contributed by atoms with van der Waals surface area (Å²) in [5.41, 5.74) is -0.830. The van der Waals surface area contributed by atoms with Crippen molar-refractivity contribution in [1.82, 2.24) is 10.3 Å². The summed E-state index contributed by atoms with van der Waals surface area (Å²) < 4.78 is 5.18. The predicted octanol–water partition coefficient (Wildman–Crippen LogP) is 3.30. The topological polar surface area (TPSA) is 109 Å². The Kier molecular flexibility index (Phi) is 6.31. The Morgan fingerprint density at radius 3 is 2.45 bits per heavy atom. The van der Waals surface area contributed by atoms with Gasteiger partial charge in [-0.25, -0.2) is 4.98 Å². The fourth-order valence-corrected chi connectivity index (χ4v) is 3.08. The normalized spacial score (nSPS) is 12.3. The first-order chi connectivity index (χ1) is 14.6. The van der Waals surface area contributed by atoms with E-state index >= 15 is 0 Å². The summed E-state index contributed by atoms with van der Waals surface area (Å²) in [6.45, 7) is 5.68. The Morgan fingerprint density at radius 1 is 1.10 bits per heavy atom. The number of amides is 1. The van der Waals surface area contributed by atoms with Crippen molar-refractivity contribution in [2.45, 2.75) is 26.9 Å². The molecule has 1 heterocycles. The molecule has 0 spiro atoms. The number of benzene rings is 1. The Labute approximate surface area is 184 Å². The lowest BCUT2D eigenvalue weighted by atomic mass is 9.91. The minimum Gasteiger partial charge on any atom is -0.480 e. The van der Waals surface area contributed by atoms with Crippen LogP contribution in [0.2, 0.25) is 5.02 Å². The van der Waals surface area contributed by atoms with Gasteiger partial charge in [0, 0.05) is 22.2 Å². The highest BCUT2D eigenvalue weighted by Crippen LogP contribution is 2.29. The predicted molar refractivity (Wildman–Crippen MR) is 121 cm³/mol. The monoisotopic (exact) mass is 442 g/mol. The first-order valence-corrected chi connectivity index (χ1v) is 9.92. The van der Waals surface area contributed by atoms with E-state index in [2.05, 4.69) is 20.9 Å². The lowest BCUT2D eigenvalue weighted by Crippen LogP contribution is -2.51. The van der Waals surface area contributed by atoms with E-state index in [1.54, 1.807) is 42.6 Å². The van der Waals surface area contributed by atoms with Crippen LogP contribution in [0, 0.1) is 5.41 Å². The van der Waals surface area contributed by atoms with Crippen LogP contribution in [0.25, 0.3) is 0 Å². The zero-order chi connectivity index (χ0) is 22.8. The number of methoxy groups -OCH3 is 1. The van der Waals surface area contributed by atoms with Crippen molar-refractivity contribution >= 4 is 34.6 Å². The average molecular weight is 443 g/mol. The largest absolute Gasteiger partial charge is 0.480 e. The number of anilines is 3. The van der Waals surface area contributed by atoms with Gasteiger partial charge in [0.05, 0.1) is 7.11 Å². The number of hydrogen-bond donors (Lipinski definition) is 3. The first-order valence-electron chi connectivity index (χ1n) is 9.54. The van der Waals surface area contributed by atoms with Crippen LogP contribution in [0.15, 0.2) is 52.2 Å². The van der Waals surface area contributed by atoms with Gasteiger partial charge < -0.3 is 20.7 Å². The van der Waals surface area contributed by atoms with Crippen molar-refractivity contribution in [2.75, 3.05) is 17.7 Å². The van der Waals surface area contributed by atoms with E-state index in [1.165, 1.54) is 7.11 Å². The van der Waals surface area contributed by atoms with Gasteiger partial charge in [0.2, 0.25) is 5.88 Å². The minimum atomic E-state index is -0.670. The molecule has 2 aromatic carbocycles. The number of aromatic nitrogens is 1. The lowest BCUT2D eigenvalue weighted by Gasteiger charge is -2.33. The Hall–Kier alpha value is -3.39. The molecule has 0 aliphatic heterocycles. The third kappa shape index (κ3) is 4.86. The number of nitrogens with zero attached hydrogens (tertiary/aromatic N) is 1. The lowest BCUT2D eigenvalue weighted by molar-refractivity contribution is 0.0913. The van der Waals surface area contributed by atoms with E-state index in [9.17, 15) is 14.4 Å². The zero-order valence-electron chi connectivity index (χ0n) is 17.6. The van der Waals surface area contributed by atoms with Crippen LogP contribution in [-0.4, -0.2) is 24.2 Å². The van der Waals surface area contributed by atoms with Gasteiger partial charge in [-0.3, -0.25) is 14.4 Å². The standard InChI is InChI=1S/C22H23ClN4O4/c1-22(2,3)21(27-19(30)12-7-5-8-13(23)11-12)26-16-15(17(28)18(16)29)25-14-9-6-10-24-20(14)31-4/h5-11,21,25-26H,1-4H3,(H,27,30). The van der Waals surface area contributed by atoms with Crippen LogP contribution < -0.4 is 31.5 Å². The number of carbonyl (C=O) groups is 1. The third-order valence-electron chi connectivity index (χ3n) is 4.65. The number of carbonyl (C=O) groups excluding carboxylic acids is 1. The molecule has 8 nitrogen and oxygen atoms in total. The maximum Gasteiger partial charge on any atom is 0.253 e. The van der Waals surface area contributed by atoms with Crippen LogP contribution >= 0.6 is 11.6 Å². The molecule has 1 aromatic heterocycles. The molecule has 3 aromatic rings. The molecule has 0 saturated carbocycles. The molecule has 0 saturated heterocycles. The third-order valence-corrected chi connectivity index (χ3v) is 4.89. The molecule has 3 rings (SSSR count). The molecule has 1 atom stereocenters. The summed E-state index contributed by atoms with van der Waals surface area (Å²) >= 11 is 5.98. The number of ether oxygens (including phenoxy) is 1. The second-order valence-electron chi connectivity index (χ2n) is 8.02. The number of halogens is 1. The quantitative estimate of drug-likeness (QED) is 0.380. The van der Waals surface area contributed by atoms with Crippen molar-refractivity contribution in [3.05, 3.63) is 73.6 Å². The highest BCUT2D eigenvalue weighted by molar-refractivity contribution is 6.30. The SMILES string of the molecule is COc1ncccc1Nc1c(NC(NC(=O)c2cccc(Cl)c2)C(C)(C)C)c(=O)c1=O. The first kappa shape index (κ1) is 22.3. The van der Waals surface area contributed by atoms with Gasteiger partial charge in [-0.1, -0.05) is 38.4 Å². The average Bonchev–Trinajstić information content (AvgIpc) is 2.74. The summed E-state index contributed by atoms with van der Waals surface area (Å²) in [6.07, 6.45) is 0.894. The van der Waals surface area contributed by atoms with E-state index < -0.39 is 22.4 Å². The van der Waals surface area contributed by atoms with Gasteiger partial charge in [0.1, 0.15) is 23.2 Å². The van der Waals surface area contributed by atoms with Gasteiger partial charge in [0.15, 0.2) is 0 Å². The van der Waals surface area contributed by atoms with Crippen LogP contribution in [-0.2, 0) is 0 Å². The Balaban J connectivity index is 1.86. The highest BCUT2D eigenvalue weighted by Gasteiger charge is 2.31. The van der Waals surface area contributed by atoms with Gasteiger partial charge in [-0.05, 0) is 30.3 Å². The molecule has 9 heteroatoms. The van der Waals surface area contributed by atoms with E-state index in [4.69, 9.17) is 16.3 Å². The van der Waals surface area contributed by atoms with Gasteiger partial charge >= 0.3 is 0 Å². The zero-order valence-corrected chi connectivity index (χ0v) is 18.3. The van der Waals surface area contributed by atoms with Crippen molar-refractivity contribution in [2.24, 2.45) is 5.41 Å². The second kappa shape index (κ2) is 8.77. The van der Waals surface area contributed by atoms with Crippen LogP contribution in [0.5, 0.6) is 5.88 Å². The van der Waals surface area contributed by atoms with Crippen molar-refractivity contribution in [1.29, 1.82) is 0 Å². The Morgan fingerprint density at radius 2 is 1.81 bits per heavy atom. The maximum atomic E-state index is 12.7. The van der Waals surface area contributed by atoms with Gasteiger partial charge in [-0.2, -0.15) is 0 Å². The van der Waals surface area contributed by atoms with Crippen molar-refractivity contribution in [3.8, 4) is 5.88 Å². The molecular formula is C22H23ClN4O4. The molecule has 31 heavy (non-hydrogen) atoms. The summed E-state index contributed by atoms with van der Waals surface area (Å²) in [6, 6.07) is 9.89. The molecular weight excluding hydrogens is 420 g/mol. The summed E-state index contributed by atoms with van der Waals surface area (Å²) in [5.74, 6) is -0.0832. The van der Waals surface area contributed by atoms with Crippen LogP contribution in [0.3, 0.4) is 0 Å². The van der Waals surface area contributed by atoms with Crippen molar-refractivity contribution in [3.63, 3.8) is 0 Å². The summed E-state index contributed by atoms with van der Waals surface area (Å²) in [5, 5.41) is 9.23. The molecule has 0 bridgehead atoms. The molecule has 3 N–H and O–H groups in total. The van der Waals surface area contributed by atoms with Gasteiger partial charge in [0.25, 0.3) is 16.8 Å². The fourth-order valence-electron chi connectivity index (χ4n) is 2.89. The smallest absolute Gasteiger partial charge is 0.253 e. The molecule has 0 radical (unpaired) electrons. The number of pyridine rings is 1. The summed E-state index contributed by atoms with van der Waals surface area (Å²) in [7, 11) is 1.45. The second-order valence-corrected chi connectivity index (χ2v) is 8.46. The van der Waals surface area contributed by atoms with E-state index in [-0.39, 0.29) is 23.2 Å². The molecule has 0 aliphatic carbocycles. The Bertz CT molecular complexity index is 1180. The van der Waals surface area contributed by atoms with E-state index in [0.29, 0.717) is 16.3 Å². The molecule has 162 valence electrons. The highest BCUT2D eigenvalue weighted by atomic mass is 35.5. The fraction of sp³-hybridized carbons (Fsp3) is 0.273. The van der Waals surface area contributed by atoms with Gasteiger partial charge in [-0.15, -0.1) is 0 Å². The molecule has 1 unspecified atom stereocenters. The molecule has 0 aliphatic rings. The van der Waals surface area contributed by atoms with Crippen LogP contribution in [0.1, 0.15) is 31.1 Å². The van der Waals surface area contributed by atoms with Crippen LogP contribution in [0.4, 0.5) is 17.1 Å². The number of nitrogens with one attached hydrogen (secondary N) is 3. The minimum absolute atomic E-state index is 0.0854. The van der Waals surface area contributed by atoms with E-state index in [1.807, 2.05) is 20.8 Å². The van der Waals surface area contributed by atoms with Crippen molar-refractivity contribution < 1.29 is 9.53 Å². The molecule has 1 amide bonds. The number of hydrogen-bond acceptors (Lipinski definition) is 7. The van der Waals surface area contributed by atoms with E-state index in [0.717, 1.165) is 0 Å². The molecule has 0 fully saturated rings. The maximum absolute atomic E-state index is 12.7. The summed E-state index contributed by atoms with van der Waals surface area (Å²) in [4.78, 5) is 41.3. The number of rotatable bonds is 7.